The summed E-state index contributed by atoms with van der Waals surface area (Å²) in [6.45, 7) is 9.02. The molecule has 4 heteroatoms. The Morgan fingerprint density at radius 2 is 2.18 bits per heavy atom. The SMILES string of the molecule is CC(C)COCCN1CCCCC1(C)C(=O)O. The molecular formula is C13H25NO3. The summed E-state index contributed by atoms with van der Waals surface area (Å²) in [5, 5.41) is 9.33. The minimum absolute atomic E-state index is 0.530. The van der Waals surface area contributed by atoms with E-state index in [0.717, 1.165) is 39.0 Å². The molecule has 0 aromatic rings. The molecule has 1 aliphatic heterocycles. The molecule has 1 aliphatic rings. The third-order valence-electron chi connectivity index (χ3n) is 3.46. The molecule has 0 bridgehead atoms. The summed E-state index contributed by atoms with van der Waals surface area (Å²) in [7, 11) is 0. The lowest BCUT2D eigenvalue weighted by Crippen LogP contribution is -2.56. The second-order valence-corrected chi connectivity index (χ2v) is 5.49. The fourth-order valence-corrected chi connectivity index (χ4v) is 2.27. The summed E-state index contributed by atoms with van der Waals surface area (Å²) in [4.78, 5) is 13.4. The Hall–Kier alpha value is -0.610. The summed E-state index contributed by atoms with van der Waals surface area (Å²) in [6.07, 6.45) is 2.84. The van der Waals surface area contributed by atoms with Gasteiger partial charge in [-0.15, -0.1) is 0 Å². The van der Waals surface area contributed by atoms with Crippen LogP contribution in [-0.2, 0) is 9.53 Å². The number of carboxylic acids is 1. The average molecular weight is 243 g/mol. The first-order valence-corrected chi connectivity index (χ1v) is 6.53. The summed E-state index contributed by atoms with van der Waals surface area (Å²) < 4.78 is 5.54. The van der Waals surface area contributed by atoms with Gasteiger partial charge in [-0.05, 0) is 38.6 Å². The molecule has 0 aromatic heterocycles. The normalized spacial score (nSPS) is 26.4. The number of hydrogen-bond donors (Lipinski definition) is 1. The van der Waals surface area contributed by atoms with E-state index < -0.39 is 11.5 Å². The van der Waals surface area contributed by atoms with E-state index in [9.17, 15) is 9.90 Å². The minimum Gasteiger partial charge on any atom is -0.480 e. The molecule has 1 rings (SSSR count). The molecule has 0 spiro atoms. The zero-order valence-corrected chi connectivity index (χ0v) is 11.2. The fourth-order valence-electron chi connectivity index (χ4n) is 2.27. The van der Waals surface area contributed by atoms with E-state index >= 15 is 0 Å². The highest BCUT2D eigenvalue weighted by Gasteiger charge is 2.40. The second-order valence-electron chi connectivity index (χ2n) is 5.49. The predicted molar refractivity (Wildman–Crippen MR) is 67.1 cm³/mol. The van der Waals surface area contributed by atoms with Crippen LogP contribution in [0.15, 0.2) is 0 Å². The predicted octanol–water partition coefficient (Wildman–Crippen LogP) is 1.99. The number of nitrogens with zero attached hydrogens (tertiary/aromatic N) is 1. The Balaban J connectivity index is 2.41. The largest absolute Gasteiger partial charge is 0.480 e. The number of ether oxygens (including phenoxy) is 1. The molecule has 100 valence electrons. The lowest BCUT2D eigenvalue weighted by atomic mass is 9.88. The van der Waals surface area contributed by atoms with Gasteiger partial charge in [0, 0.05) is 13.2 Å². The van der Waals surface area contributed by atoms with Gasteiger partial charge in [-0.25, -0.2) is 0 Å². The lowest BCUT2D eigenvalue weighted by molar-refractivity contribution is -0.153. The van der Waals surface area contributed by atoms with Crippen molar-refractivity contribution in [2.24, 2.45) is 5.92 Å². The van der Waals surface area contributed by atoms with Gasteiger partial charge in [-0.2, -0.15) is 0 Å². The van der Waals surface area contributed by atoms with E-state index in [0.29, 0.717) is 12.5 Å². The maximum absolute atomic E-state index is 11.3. The van der Waals surface area contributed by atoms with Crippen molar-refractivity contribution in [3.8, 4) is 0 Å². The highest BCUT2D eigenvalue weighted by atomic mass is 16.5. The van der Waals surface area contributed by atoms with Crippen molar-refractivity contribution in [1.29, 1.82) is 0 Å². The van der Waals surface area contributed by atoms with Gasteiger partial charge in [0.2, 0.25) is 0 Å². The zero-order valence-electron chi connectivity index (χ0n) is 11.2. The number of carbonyl (C=O) groups is 1. The van der Waals surface area contributed by atoms with Crippen LogP contribution in [0.4, 0.5) is 0 Å². The number of aliphatic carboxylic acids is 1. The van der Waals surface area contributed by atoms with Gasteiger partial charge in [0.1, 0.15) is 5.54 Å². The van der Waals surface area contributed by atoms with Gasteiger partial charge < -0.3 is 9.84 Å². The number of carboxylic acid groups (broad SMARTS) is 1. The van der Waals surface area contributed by atoms with Crippen molar-refractivity contribution in [3.05, 3.63) is 0 Å². The van der Waals surface area contributed by atoms with Crippen LogP contribution in [0.3, 0.4) is 0 Å². The monoisotopic (exact) mass is 243 g/mol. The molecule has 0 saturated carbocycles. The van der Waals surface area contributed by atoms with Crippen LogP contribution in [-0.4, -0.2) is 47.8 Å². The van der Waals surface area contributed by atoms with Crippen molar-refractivity contribution in [3.63, 3.8) is 0 Å². The number of hydrogen-bond acceptors (Lipinski definition) is 3. The number of rotatable bonds is 6. The Bertz CT molecular complexity index is 255. The van der Waals surface area contributed by atoms with E-state index in [1.54, 1.807) is 0 Å². The molecule has 1 unspecified atom stereocenters. The summed E-state index contributed by atoms with van der Waals surface area (Å²) in [5.74, 6) is -0.178. The lowest BCUT2D eigenvalue weighted by Gasteiger charge is -2.41. The third kappa shape index (κ3) is 3.96. The van der Waals surface area contributed by atoms with E-state index in [1.807, 2.05) is 6.92 Å². The van der Waals surface area contributed by atoms with Crippen molar-refractivity contribution in [2.75, 3.05) is 26.3 Å². The Labute approximate surface area is 104 Å². The van der Waals surface area contributed by atoms with Crippen LogP contribution in [0.25, 0.3) is 0 Å². The van der Waals surface area contributed by atoms with Crippen molar-refractivity contribution in [2.45, 2.75) is 45.6 Å². The van der Waals surface area contributed by atoms with Crippen molar-refractivity contribution in [1.82, 2.24) is 4.90 Å². The van der Waals surface area contributed by atoms with E-state index in [-0.39, 0.29) is 0 Å². The molecule has 1 N–H and O–H groups in total. The van der Waals surface area contributed by atoms with Crippen LogP contribution < -0.4 is 0 Å². The molecule has 0 aromatic carbocycles. The summed E-state index contributed by atoms with van der Waals surface area (Å²) in [5.41, 5.74) is -0.695. The molecule has 0 amide bonds. The van der Waals surface area contributed by atoms with Gasteiger partial charge in [0.25, 0.3) is 0 Å². The molecule has 17 heavy (non-hydrogen) atoms. The topological polar surface area (TPSA) is 49.8 Å². The average Bonchev–Trinajstić information content (AvgIpc) is 2.26. The highest BCUT2D eigenvalue weighted by molar-refractivity contribution is 5.78. The molecule has 1 fully saturated rings. The summed E-state index contributed by atoms with van der Waals surface area (Å²) >= 11 is 0. The fraction of sp³-hybridized carbons (Fsp3) is 0.923. The highest BCUT2D eigenvalue weighted by Crippen LogP contribution is 2.27. The maximum atomic E-state index is 11.3. The third-order valence-corrected chi connectivity index (χ3v) is 3.46. The van der Waals surface area contributed by atoms with Crippen LogP contribution in [0.5, 0.6) is 0 Å². The Morgan fingerprint density at radius 3 is 2.76 bits per heavy atom. The maximum Gasteiger partial charge on any atom is 0.323 e. The molecule has 0 radical (unpaired) electrons. The minimum atomic E-state index is -0.707. The van der Waals surface area contributed by atoms with Crippen molar-refractivity contribution >= 4 is 5.97 Å². The zero-order chi connectivity index (χ0) is 12.9. The first-order chi connectivity index (χ1) is 7.97. The number of piperidine rings is 1. The van der Waals surface area contributed by atoms with Gasteiger partial charge in [0.15, 0.2) is 0 Å². The molecule has 1 heterocycles. The molecule has 1 atom stereocenters. The Kier molecular flexibility index (Phi) is 5.40. The van der Waals surface area contributed by atoms with Crippen molar-refractivity contribution < 1.29 is 14.6 Å². The standard InChI is InChI=1S/C13H25NO3/c1-11(2)10-17-9-8-14-7-5-4-6-13(14,3)12(15)16/h11H,4-10H2,1-3H3,(H,15,16). The van der Waals surface area contributed by atoms with Gasteiger partial charge in [-0.1, -0.05) is 13.8 Å². The van der Waals surface area contributed by atoms with Crippen LogP contribution in [0.1, 0.15) is 40.0 Å². The van der Waals surface area contributed by atoms with Crippen LogP contribution >= 0.6 is 0 Å². The number of likely N-dealkylation sites (tertiary alicyclic amines) is 1. The van der Waals surface area contributed by atoms with E-state index in [2.05, 4.69) is 18.7 Å². The van der Waals surface area contributed by atoms with E-state index in [1.165, 1.54) is 0 Å². The van der Waals surface area contributed by atoms with Crippen LogP contribution in [0, 0.1) is 5.92 Å². The molecule has 4 nitrogen and oxygen atoms in total. The van der Waals surface area contributed by atoms with E-state index in [4.69, 9.17) is 4.74 Å². The molecule has 1 saturated heterocycles. The second kappa shape index (κ2) is 6.36. The molecule has 0 aliphatic carbocycles. The van der Waals surface area contributed by atoms with Gasteiger partial charge in [0.05, 0.1) is 6.61 Å². The summed E-state index contributed by atoms with van der Waals surface area (Å²) in [6, 6.07) is 0. The first-order valence-electron chi connectivity index (χ1n) is 6.53. The van der Waals surface area contributed by atoms with Gasteiger partial charge >= 0.3 is 5.97 Å². The molecular weight excluding hydrogens is 218 g/mol. The van der Waals surface area contributed by atoms with Gasteiger partial charge in [-0.3, -0.25) is 9.69 Å². The first kappa shape index (κ1) is 14.5. The Morgan fingerprint density at radius 1 is 1.47 bits per heavy atom. The smallest absolute Gasteiger partial charge is 0.323 e. The van der Waals surface area contributed by atoms with Crippen LogP contribution in [0.2, 0.25) is 0 Å². The quantitative estimate of drug-likeness (QED) is 0.725.